The number of amides is 1. The molecule has 9 heteroatoms. The maximum absolute atomic E-state index is 12.5. The van der Waals surface area contributed by atoms with E-state index in [0.717, 1.165) is 13.0 Å². The number of aromatic nitrogens is 1. The quantitative estimate of drug-likeness (QED) is 0.786. The summed E-state index contributed by atoms with van der Waals surface area (Å²) in [6.45, 7) is 2.36. The van der Waals surface area contributed by atoms with E-state index in [1.807, 2.05) is 0 Å². The van der Waals surface area contributed by atoms with E-state index >= 15 is 0 Å². The third-order valence-electron chi connectivity index (χ3n) is 3.17. The number of sulfonamides is 1. The van der Waals surface area contributed by atoms with E-state index in [9.17, 15) is 13.2 Å². The van der Waals surface area contributed by atoms with E-state index in [1.54, 1.807) is 7.05 Å². The van der Waals surface area contributed by atoms with Crippen molar-refractivity contribution in [3.05, 3.63) is 18.0 Å². The van der Waals surface area contributed by atoms with Crippen LogP contribution in [0.4, 0.5) is 0 Å². The van der Waals surface area contributed by atoms with Gasteiger partial charge in [-0.05, 0) is 19.0 Å². The van der Waals surface area contributed by atoms with Crippen LogP contribution in [0, 0.1) is 0 Å². The van der Waals surface area contributed by atoms with Crippen molar-refractivity contribution in [2.45, 2.75) is 11.3 Å². The monoisotopic (exact) mass is 322 g/mol. The van der Waals surface area contributed by atoms with E-state index in [1.165, 1.54) is 21.1 Å². The molecule has 1 fully saturated rings. The molecule has 0 aromatic carbocycles. The lowest BCUT2D eigenvalue weighted by Crippen LogP contribution is -2.34. The number of halogens is 1. The molecule has 20 heavy (non-hydrogen) atoms. The van der Waals surface area contributed by atoms with Crippen LogP contribution in [0.5, 0.6) is 0 Å². The van der Waals surface area contributed by atoms with Gasteiger partial charge < -0.3 is 15.6 Å². The molecule has 2 rings (SSSR count). The highest BCUT2D eigenvalue weighted by molar-refractivity contribution is 7.89. The van der Waals surface area contributed by atoms with Crippen LogP contribution in [0.3, 0.4) is 0 Å². The molecule has 1 aliphatic rings. The predicted octanol–water partition coefficient (Wildman–Crippen LogP) is -0.470. The molecular weight excluding hydrogens is 304 g/mol. The predicted molar refractivity (Wildman–Crippen MR) is 77.4 cm³/mol. The van der Waals surface area contributed by atoms with Gasteiger partial charge in [0, 0.05) is 32.9 Å². The summed E-state index contributed by atoms with van der Waals surface area (Å²) < 4.78 is 27.8. The number of carbonyl (C=O) groups excluding carboxylic acids is 1. The maximum atomic E-state index is 12.5. The highest BCUT2D eigenvalue weighted by Gasteiger charge is 2.27. The SMILES string of the molecule is Cl.Cn1cc(S(=O)(=O)N2CCCNCC2)cc1C(N)=O. The molecule has 0 bridgehead atoms. The Bertz CT molecular complexity index is 576. The van der Waals surface area contributed by atoms with Crippen molar-refractivity contribution in [2.75, 3.05) is 26.2 Å². The molecule has 1 aromatic rings. The van der Waals surface area contributed by atoms with Gasteiger partial charge in [-0.2, -0.15) is 4.31 Å². The van der Waals surface area contributed by atoms with Gasteiger partial charge in [0.15, 0.2) is 0 Å². The largest absolute Gasteiger partial charge is 0.364 e. The lowest BCUT2D eigenvalue weighted by atomic mass is 10.4. The second-order valence-corrected chi connectivity index (χ2v) is 6.48. The number of rotatable bonds is 3. The summed E-state index contributed by atoms with van der Waals surface area (Å²) in [4.78, 5) is 11.3. The van der Waals surface area contributed by atoms with Crippen molar-refractivity contribution < 1.29 is 13.2 Å². The Labute approximate surface area is 124 Å². The van der Waals surface area contributed by atoms with Crippen molar-refractivity contribution in [1.29, 1.82) is 0 Å². The molecule has 7 nitrogen and oxygen atoms in total. The summed E-state index contributed by atoms with van der Waals surface area (Å²) in [6, 6.07) is 1.33. The molecular formula is C11H19ClN4O3S. The van der Waals surface area contributed by atoms with Crippen molar-refractivity contribution in [3.63, 3.8) is 0 Å². The number of hydrogen-bond acceptors (Lipinski definition) is 4. The number of carbonyl (C=O) groups is 1. The fourth-order valence-corrected chi connectivity index (χ4v) is 3.68. The zero-order valence-electron chi connectivity index (χ0n) is 11.2. The molecule has 1 amide bonds. The fraction of sp³-hybridized carbons (Fsp3) is 0.545. The normalized spacial score (nSPS) is 17.2. The van der Waals surface area contributed by atoms with Gasteiger partial charge in [-0.1, -0.05) is 0 Å². The topological polar surface area (TPSA) is 97.4 Å². The van der Waals surface area contributed by atoms with Crippen molar-refractivity contribution in [3.8, 4) is 0 Å². The molecule has 0 radical (unpaired) electrons. The Morgan fingerprint density at radius 2 is 2.05 bits per heavy atom. The number of nitrogens with one attached hydrogen (secondary N) is 1. The third kappa shape index (κ3) is 3.32. The fourth-order valence-electron chi connectivity index (χ4n) is 2.13. The minimum absolute atomic E-state index is 0. The zero-order chi connectivity index (χ0) is 14.0. The van der Waals surface area contributed by atoms with Gasteiger partial charge in [-0.3, -0.25) is 4.79 Å². The zero-order valence-corrected chi connectivity index (χ0v) is 12.8. The summed E-state index contributed by atoms with van der Waals surface area (Å²) in [5.74, 6) is -0.638. The maximum Gasteiger partial charge on any atom is 0.265 e. The standard InChI is InChI=1S/C11H18N4O3S.ClH/c1-14-8-9(7-10(14)11(12)16)19(17,18)15-5-2-3-13-4-6-15;/h7-8,13H,2-6H2,1H3,(H2,12,16);1H. The van der Waals surface area contributed by atoms with Crippen molar-refractivity contribution in [2.24, 2.45) is 12.8 Å². The Hall–Kier alpha value is -1.09. The highest BCUT2D eigenvalue weighted by atomic mass is 35.5. The van der Waals surface area contributed by atoms with Crippen LogP contribution in [0.2, 0.25) is 0 Å². The number of nitrogens with two attached hydrogens (primary N) is 1. The van der Waals surface area contributed by atoms with E-state index in [2.05, 4.69) is 5.32 Å². The highest BCUT2D eigenvalue weighted by Crippen LogP contribution is 2.19. The molecule has 0 saturated carbocycles. The van der Waals surface area contributed by atoms with E-state index in [4.69, 9.17) is 5.73 Å². The first-order chi connectivity index (χ1) is 8.93. The van der Waals surface area contributed by atoms with E-state index in [-0.39, 0.29) is 23.0 Å². The minimum Gasteiger partial charge on any atom is -0.364 e. The Morgan fingerprint density at radius 1 is 1.35 bits per heavy atom. The number of aryl methyl sites for hydroxylation is 1. The molecule has 0 atom stereocenters. The first kappa shape index (κ1) is 17.0. The lowest BCUT2D eigenvalue weighted by molar-refractivity contribution is 0.0992. The molecule has 1 saturated heterocycles. The van der Waals surface area contributed by atoms with Gasteiger partial charge in [-0.15, -0.1) is 12.4 Å². The minimum atomic E-state index is -3.56. The van der Waals surface area contributed by atoms with Crippen LogP contribution in [0.15, 0.2) is 17.2 Å². The summed E-state index contributed by atoms with van der Waals surface area (Å²) in [5, 5.41) is 3.15. The summed E-state index contributed by atoms with van der Waals surface area (Å²) in [6.07, 6.45) is 2.20. The molecule has 3 N–H and O–H groups in total. The van der Waals surface area contributed by atoms with Crippen LogP contribution in [0.25, 0.3) is 0 Å². The van der Waals surface area contributed by atoms with Crippen molar-refractivity contribution in [1.82, 2.24) is 14.2 Å². The Balaban J connectivity index is 0.00000200. The lowest BCUT2D eigenvalue weighted by Gasteiger charge is -2.18. The molecule has 114 valence electrons. The number of primary amides is 1. The third-order valence-corrected chi connectivity index (χ3v) is 5.03. The summed E-state index contributed by atoms with van der Waals surface area (Å²) >= 11 is 0. The molecule has 2 heterocycles. The Kier molecular flexibility index (Phi) is 5.58. The number of nitrogens with zero attached hydrogens (tertiary/aromatic N) is 2. The van der Waals surface area contributed by atoms with Gasteiger partial charge in [0.2, 0.25) is 10.0 Å². The van der Waals surface area contributed by atoms with Crippen LogP contribution in [-0.4, -0.2) is 49.4 Å². The number of hydrogen-bond donors (Lipinski definition) is 2. The van der Waals surface area contributed by atoms with Crippen LogP contribution in [0.1, 0.15) is 16.9 Å². The average molecular weight is 323 g/mol. The smallest absolute Gasteiger partial charge is 0.265 e. The van der Waals surface area contributed by atoms with Gasteiger partial charge >= 0.3 is 0 Å². The molecule has 1 aromatic heterocycles. The first-order valence-electron chi connectivity index (χ1n) is 6.10. The average Bonchev–Trinajstić information content (AvgIpc) is 2.58. The summed E-state index contributed by atoms with van der Waals surface area (Å²) in [5.41, 5.74) is 5.38. The van der Waals surface area contributed by atoms with Gasteiger partial charge in [-0.25, -0.2) is 8.42 Å². The first-order valence-corrected chi connectivity index (χ1v) is 7.54. The van der Waals surface area contributed by atoms with E-state index < -0.39 is 15.9 Å². The second-order valence-electron chi connectivity index (χ2n) is 4.54. The van der Waals surface area contributed by atoms with Crippen LogP contribution < -0.4 is 11.1 Å². The molecule has 0 unspecified atom stereocenters. The van der Waals surface area contributed by atoms with E-state index in [0.29, 0.717) is 19.6 Å². The summed E-state index contributed by atoms with van der Waals surface area (Å²) in [7, 11) is -1.96. The molecule has 0 aliphatic carbocycles. The van der Waals surface area contributed by atoms with Gasteiger partial charge in [0.25, 0.3) is 5.91 Å². The van der Waals surface area contributed by atoms with Crippen LogP contribution >= 0.6 is 12.4 Å². The van der Waals surface area contributed by atoms with Crippen LogP contribution in [-0.2, 0) is 17.1 Å². The van der Waals surface area contributed by atoms with Crippen molar-refractivity contribution >= 4 is 28.3 Å². The second kappa shape index (κ2) is 6.57. The molecule has 1 aliphatic heterocycles. The molecule has 0 spiro atoms. The Morgan fingerprint density at radius 3 is 2.65 bits per heavy atom. The van der Waals surface area contributed by atoms with Gasteiger partial charge in [0.1, 0.15) is 10.6 Å². The van der Waals surface area contributed by atoms with Gasteiger partial charge in [0.05, 0.1) is 0 Å².